The molecule has 1 unspecified atom stereocenters. The summed E-state index contributed by atoms with van der Waals surface area (Å²) in [5.41, 5.74) is 1.45. The molecule has 0 aliphatic rings. The highest BCUT2D eigenvalue weighted by molar-refractivity contribution is 6.20. The number of nitrogens with zero attached hydrogens (tertiary/aromatic N) is 2. The van der Waals surface area contributed by atoms with Gasteiger partial charge >= 0.3 is 0 Å². The number of methoxy groups -OCH3 is 1. The maximum atomic E-state index is 11.8. The summed E-state index contributed by atoms with van der Waals surface area (Å²) in [6.07, 6.45) is 2.25. The van der Waals surface area contributed by atoms with Crippen molar-refractivity contribution in [2.75, 3.05) is 20.3 Å². The number of ether oxygens (including phenoxy) is 1. The quantitative estimate of drug-likeness (QED) is 0.779. The number of alkyl halides is 1. The minimum atomic E-state index is -0.114. The normalized spacial score (nSPS) is 12.5. The van der Waals surface area contributed by atoms with Crippen LogP contribution in [0.25, 0.3) is 0 Å². The highest BCUT2D eigenvalue weighted by Gasteiger charge is 2.12. The summed E-state index contributed by atoms with van der Waals surface area (Å²) in [5, 5.41) is 6.76. The van der Waals surface area contributed by atoms with Crippen molar-refractivity contribution in [2.45, 2.75) is 18.7 Å². The first kappa shape index (κ1) is 14.0. The van der Waals surface area contributed by atoms with E-state index in [-0.39, 0.29) is 11.3 Å². The van der Waals surface area contributed by atoms with Crippen LogP contribution >= 0.6 is 11.6 Å². The first-order valence-corrected chi connectivity index (χ1v) is 5.89. The van der Waals surface area contributed by atoms with Crippen LogP contribution in [0.3, 0.4) is 0 Å². The second-order valence-electron chi connectivity index (χ2n) is 3.86. The highest BCUT2D eigenvalue weighted by Crippen LogP contribution is 2.06. The van der Waals surface area contributed by atoms with Gasteiger partial charge in [-0.3, -0.25) is 9.48 Å². The molecule has 96 valence electrons. The van der Waals surface area contributed by atoms with Crippen molar-refractivity contribution in [3.63, 3.8) is 0 Å². The maximum Gasteiger partial charge on any atom is 0.254 e. The van der Waals surface area contributed by atoms with E-state index in [4.69, 9.17) is 16.3 Å². The van der Waals surface area contributed by atoms with Gasteiger partial charge in [-0.25, -0.2) is 0 Å². The molecule has 1 heterocycles. The van der Waals surface area contributed by atoms with E-state index < -0.39 is 0 Å². The molecule has 0 saturated carbocycles. The SMILES string of the molecule is COCC(Cl)CCNC(=O)c1cnn(C)c1C. The topological polar surface area (TPSA) is 56.1 Å². The highest BCUT2D eigenvalue weighted by atomic mass is 35.5. The summed E-state index contributed by atoms with van der Waals surface area (Å²) in [6.45, 7) is 2.88. The fraction of sp³-hybridized carbons (Fsp3) is 0.636. The lowest BCUT2D eigenvalue weighted by Gasteiger charge is -2.09. The molecule has 5 nitrogen and oxygen atoms in total. The van der Waals surface area contributed by atoms with E-state index in [0.29, 0.717) is 25.1 Å². The van der Waals surface area contributed by atoms with Crippen molar-refractivity contribution in [1.82, 2.24) is 15.1 Å². The Bertz CT molecular complexity index is 379. The Morgan fingerprint density at radius 3 is 2.94 bits per heavy atom. The van der Waals surface area contributed by atoms with Gasteiger partial charge in [0.25, 0.3) is 5.91 Å². The fourth-order valence-corrected chi connectivity index (χ4v) is 1.66. The molecule has 0 spiro atoms. The monoisotopic (exact) mass is 259 g/mol. The van der Waals surface area contributed by atoms with Crippen LogP contribution in [0.4, 0.5) is 0 Å². The number of carbonyl (C=O) groups is 1. The van der Waals surface area contributed by atoms with Crippen molar-refractivity contribution < 1.29 is 9.53 Å². The first-order chi connectivity index (χ1) is 8.06. The Labute approximate surface area is 106 Å². The first-order valence-electron chi connectivity index (χ1n) is 5.46. The molecular formula is C11H18ClN3O2. The molecular weight excluding hydrogens is 242 g/mol. The van der Waals surface area contributed by atoms with Crippen molar-refractivity contribution in [3.8, 4) is 0 Å². The molecule has 0 fully saturated rings. The van der Waals surface area contributed by atoms with Crippen LogP contribution in [0.15, 0.2) is 6.20 Å². The van der Waals surface area contributed by atoms with Gasteiger partial charge in [0.2, 0.25) is 0 Å². The summed E-state index contributed by atoms with van der Waals surface area (Å²) in [4.78, 5) is 11.8. The number of aromatic nitrogens is 2. The third kappa shape index (κ3) is 4.02. The smallest absolute Gasteiger partial charge is 0.254 e. The summed E-state index contributed by atoms with van der Waals surface area (Å²) in [7, 11) is 3.41. The van der Waals surface area contributed by atoms with Crippen LogP contribution in [0.1, 0.15) is 22.5 Å². The number of hydrogen-bond donors (Lipinski definition) is 1. The van der Waals surface area contributed by atoms with Gasteiger partial charge < -0.3 is 10.1 Å². The Balaban J connectivity index is 2.38. The lowest BCUT2D eigenvalue weighted by molar-refractivity contribution is 0.0951. The van der Waals surface area contributed by atoms with Crippen molar-refractivity contribution >= 4 is 17.5 Å². The third-order valence-corrected chi connectivity index (χ3v) is 2.91. The van der Waals surface area contributed by atoms with Gasteiger partial charge in [-0.1, -0.05) is 0 Å². The number of rotatable bonds is 6. The van der Waals surface area contributed by atoms with Gasteiger partial charge in [-0.2, -0.15) is 5.10 Å². The third-order valence-electron chi connectivity index (χ3n) is 2.57. The summed E-state index contributed by atoms with van der Waals surface area (Å²) < 4.78 is 6.58. The van der Waals surface area contributed by atoms with Crippen LogP contribution in [0.5, 0.6) is 0 Å². The zero-order chi connectivity index (χ0) is 12.8. The van der Waals surface area contributed by atoms with E-state index in [1.807, 2.05) is 6.92 Å². The minimum absolute atomic E-state index is 0.0738. The average molecular weight is 260 g/mol. The summed E-state index contributed by atoms with van der Waals surface area (Å²) in [6, 6.07) is 0. The van der Waals surface area contributed by atoms with Crippen molar-refractivity contribution in [2.24, 2.45) is 7.05 Å². The minimum Gasteiger partial charge on any atom is -0.383 e. The molecule has 1 rings (SSSR count). The van der Waals surface area contributed by atoms with Crippen LogP contribution in [0, 0.1) is 6.92 Å². The molecule has 0 aliphatic heterocycles. The number of nitrogens with one attached hydrogen (secondary N) is 1. The van der Waals surface area contributed by atoms with Crippen molar-refractivity contribution in [3.05, 3.63) is 17.5 Å². The van der Waals surface area contributed by atoms with Gasteiger partial charge in [0.15, 0.2) is 0 Å². The van der Waals surface area contributed by atoms with E-state index in [9.17, 15) is 4.79 Å². The van der Waals surface area contributed by atoms with Crippen molar-refractivity contribution in [1.29, 1.82) is 0 Å². The number of carbonyl (C=O) groups excluding carboxylic acids is 1. The van der Waals surface area contributed by atoms with E-state index in [1.165, 1.54) is 0 Å². The predicted molar refractivity (Wildman–Crippen MR) is 66.4 cm³/mol. The Hall–Kier alpha value is -1.07. The molecule has 0 bridgehead atoms. The molecule has 0 aromatic carbocycles. The lowest BCUT2D eigenvalue weighted by atomic mass is 10.2. The zero-order valence-corrected chi connectivity index (χ0v) is 11.1. The second-order valence-corrected chi connectivity index (χ2v) is 4.48. The van der Waals surface area contributed by atoms with E-state index in [2.05, 4.69) is 10.4 Å². The molecule has 1 N–H and O–H groups in total. The Morgan fingerprint density at radius 1 is 1.71 bits per heavy atom. The molecule has 17 heavy (non-hydrogen) atoms. The van der Waals surface area contributed by atoms with E-state index in [0.717, 1.165) is 5.69 Å². The largest absolute Gasteiger partial charge is 0.383 e. The van der Waals surface area contributed by atoms with Gasteiger partial charge in [0, 0.05) is 26.4 Å². The number of aryl methyl sites for hydroxylation is 1. The number of amides is 1. The number of halogens is 1. The Morgan fingerprint density at radius 2 is 2.41 bits per heavy atom. The molecule has 6 heteroatoms. The number of hydrogen-bond acceptors (Lipinski definition) is 3. The maximum absolute atomic E-state index is 11.8. The van der Waals surface area contributed by atoms with Gasteiger partial charge in [-0.05, 0) is 13.3 Å². The standard InChI is InChI=1S/C11H18ClN3O2/c1-8-10(6-14-15(8)2)11(16)13-5-4-9(12)7-17-3/h6,9H,4-5,7H2,1-3H3,(H,13,16). The molecule has 1 aromatic rings. The average Bonchev–Trinajstić information content (AvgIpc) is 2.60. The van der Waals surface area contributed by atoms with Gasteiger partial charge in [0.05, 0.1) is 23.7 Å². The molecule has 0 radical (unpaired) electrons. The lowest BCUT2D eigenvalue weighted by Crippen LogP contribution is -2.27. The summed E-state index contributed by atoms with van der Waals surface area (Å²) >= 11 is 5.95. The molecule has 1 atom stereocenters. The molecule has 0 aliphatic carbocycles. The molecule has 1 aromatic heterocycles. The van der Waals surface area contributed by atoms with Crippen LogP contribution in [-0.2, 0) is 11.8 Å². The summed E-state index contributed by atoms with van der Waals surface area (Å²) in [5.74, 6) is -0.114. The van der Waals surface area contributed by atoms with Gasteiger partial charge in [0.1, 0.15) is 0 Å². The second kappa shape index (κ2) is 6.61. The van der Waals surface area contributed by atoms with E-state index in [1.54, 1.807) is 25.0 Å². The van der Waals surface area contributed by atoms with Crippen LogP contribution in [0.2, 0.25) is 0 Å². The molecule has 1 amide bonds. The van der Waals surface area contributed by atoms with E-state index >= 15 is 0 Å². The fourth-order valence-electron chi connectivity index (χ4n) is 1.42. The molecule has 0 saturated heterocycles. The predicted octanol–water partition coefficient (Wildman–Crippen LogP) is 1.10. The van der Waals surface area contributed by atoms with Crippen LogP contribution < -0.4 is 5.32 Å². The van der Waals surface area contributed by atoms with Gasteiger partial charge in [-0.15, -0.1) is 11.6 Å². The Kier molecular flexibility index (Phi) is 5.44. The van der Waals surface area contributed by atoms with Crippen LogP contribution in [-0.4, -0.2) is 41.3 Å². The zero-order valence-electron chi connectivity index (χ0n) is 10.4.